The number of hydrogen-bond donors (Lipinski definition) is 2. The Morgan fingerprint density at radius 3 is 2.56 bits per heavy atom. The zero-order valence-electron chi connectivity index (χ0n) is 17.5. The average molecular weight is 424 g/mol. The van der Waals surface area contributed by atoms with Crippen molar-refractivity contribution in [2.75, 3.05) is 5.32 Å². The first-order valence-corrected chi connectivity index (χ1v) is 10.0. The standard InChI is InChI=1S/C25H20N4O3/c1-15-11-20(16(2)27-21-6-4-3-5-19(21)25(31)32)24-28-22(12-23(30)29(24)14-15)18-9-7-17(13-26)8-10-18/h3-12,14,16,27H,1-2H3,(H,31,32). The minimum absolute atomic E-state index is 0.166. The lowest BCUT2D eigenvalue weighted by Gasteiger charge is -2.20. The van der Waals surface area contributed by atoms with E-state index in [0.29, 0.717) is 22.6 Å². The number of pyridine rings is 1. The highest BCUT2D eigenvalue weighted by Crippen LogP contribution is 2.26. The van der Waals surface area contributed by atoms with Gasteiger partial charge in [0, 0.05) is 29.1 Å². The quantitative estimate of drug-likeness (QED) is 0.491. The van der Waals surface area contributed by atoms with Crippen molar-refractivity contribution in [3.63, 3.8) is 0 Å². The van der Waals surface area contributed by atoms with Crippen LogP contribution >= 0.6 is 0 Å². The Labute approximate surface area is 184 Å². The molecule has 1 atom stereocenters. The maximum absolute atomic E-state index is 12.9. The van der Waals surface area contributed by atoms with Gasteiger partial charge in [-0.25, -0.2) is 9.78 Å². The Morgan fingerprint density at radius 2 is 1.88 bits per heavy atom. The molecule has 0 bridgehead atoms. The molecule has 7 heteroatoms. The summed E-state index contributed by atoms with van der Waals surface area (Å²) in [5.74, 6) is -1.02. The van der Waals surface area contributed by atoms with Crippen LogP contribution in [0.1, 0.15) is 40.0 Å². The van der Waals surface area contributed by atoms with E-state index in [0.717, 1.165) is 16.7 Å². The number of para-hydroxylation sites is 1. The Hall–Kier alpha value is -4.44. The Bertz CT molecular complexity index is 1430. The maximum Gasteiger partial charge on any atom is 0.337 e. The summed E-state index contributed by atoms with van der Waals surface area (Å²) >= 11 is 0. The van der Waals surface area contributed by atoms with E-state index in [2.05, 4.69) is 11.4 Å². The number of aryl methyl sites for hydroxylation is 1. The maximum atomic E-state index is 12.9. The van der Waals surface area contributed by atoms with Crippen molar-refractivity contribution >= 4 is 17.3 Å². The van der Waals surface area contributed by atoms with E-state index in [4.69, 9.17) is 10.2 Å². The summed E-state index contributed by atoms with van der Waals surface area (Å²) in [5.41, 5.74) is 4.30. The molecule has 32 heavy (non-hydrogen) atoms. The highest BCUT2D eigenvalue weighted by Gasteiger charge is 2.17. The normalized spacial score (nSPS) is 11.7. The van der Waals surface area contributed by atoms with E-state index in [9.17, 15) is 14.7 Å². The number of nitrogens with one attached hydrogen (secondary N) is 1. The average Bonchev–Trinajstić information content (AvgIpc) is 2.79. The molecule has 0 aliphatic carbocycles. The number of carboxylic acids is 1. The molecule has 0 saturated carbocycles. The molecule has 0 aliphatic rings. The van der Waals surface area contributed by atoms with Crippen molar-refractivity contribution in [2.45, 2.75) is 19.9 Å². The number of anilines is 1. The number of rotatable bonds is 5. The van der Waals surface area contributed by atoms with Crippen molar-refractivity contribution in [2.24, 2.45) is 0 Å². The van der Waals surface area contributed by atoms with Crippen LogP contribution in [0.2, 0.25) is 0 Å². The van der Waals surface area contributed by atoms with E-state index >= 15 is 0 Å². The number of nitrogens with zero attached hydrogens (tertiary/aromatic N) is 3. The zero-order valence-corrected chi connectivity index (χ0v) is 17.5. The summed E-state index contributed by atoms with van der Waals surface area (Å²) in [4.78, 5) is 29.2. The van der Waals surface area contributed by atoms with E-state index < -0.39 is 5.97 Å². The SMILES string of the molecule is Cc1cc(C(C)Nc2ccccc2C(=O)O)c2nc(-c3ccc(C#N)cc3)cc(=O)n2c1. The fraction of sp³-hybridized carbons (Fsp3) is 0.120. The first kappa shape index (κ1) is 20.8. The van der Waals surface area contributed by atoms with Gasteiger partial charge in [0.2, 0.25) is 0 Å². The van der Waals surface area contributed by atoms with Crippen molar-refractivity contribution in [1.29, 1.82) is 5.26 Å². The van der Waals surface area contributed by atoms with Crippen LogP contribution in [-0.4, -0.2) is 20.5 Å². The zero-order chi connectivity index (χ0) is 22.8. The number of aromatic carboxylic acids is 1. The van der Waals surface area contributed by atoms with Gasteiger partial charge in [-0.05, 0) is 49.7 Å². The molecule has 2 aromatic heterocycles. The van der Waals surface area contributed by atoms with Crippen molar-refractivity contribution in [1.82, 2.24) is 9.38 Å². The first-order chi connectivity index (χ1) is 15.4. The Morgan fingerprint density at radius 1 is 1.16 bits per heavy atom. The molecule has 0 fully saturated rings. The highest BCUT2D eigenvalue weighted by molar-refractivity contribution is 5.94. The predicted octanol–water partition coefficient (Wildman–Crippen LogP) is 4.41. The van der Waals surface area contributed by atoms with E-state index in [1.165, 1.54) is 16.5 Å². The number of carbonyl (C=O) groups is 1. The van der Waals surface area contributed by atoms with E-state index in [1.54, 1.807) is 48.7 Å². The molecule has 4 aromatic rings. The van der Waals surface area contributed by atoms with Crippen LogP contribution in [0.15, 0.2) is 71.7 Å². The van der Waals surface area contributed by atoms with E-state index in [-0.39, 0.29) is 17.2 Å². The van der Waals surface area contributed by atoms with Crippen LogP contribution in [-0.2, 0) is 0 Å². The Balaban J connectivity index is 1.83. The molecule has 2 heterocycles. The van der Waals surface area contributed by atoms with Gasteiger partial charge in [0.05, 0.1) is 28.9 Å². The minimum atomic E-state index is -1.02. The van der Waals surface area contributed by atoms with Gasteiger partial charge in [0.1, 0.15) is 5.65 Å². The summed E-state index contributed by atoms with van der Waals surface area (Å²) < 4.78 is 1.50. The Kier molecular flexibility index (Phi) is 5.44. The fourth-order valence-corrected chi connectivity index (χ4v) is 3.66. The van der Waals surface area contributed by atoms with Crippen LogP contribution < -0.4 is 10.9 Å². The molecule has 2 aromatic carbocycles. The molecule has 2 N–H and O–H groups in total. The fourth-order valence-electron chi connectivity index (χ4n) is 3.66. The number of hydrogen-bond acceptors (Lipinski definition) is 5. The summed E-state index contributed by atoms with van der Waals surface area (Å²) in [7, 11) is 0. The number of aromatic nitrogens is 2. The van der Waals surface area contributed by atoms with Gasteiger partial charge in [-0.2, -0.15) is 5.26 Å². The second-order valence-corrected chi connectivity index (χ2v) is 7.55. The third kappa shape index (κ3) is 3.94. The third-order valence-electron chi connectivity index (χ3n) is 5.23. The van der Waals surface area contributed by atoms with Gasteiger partial charge in [-0.1, -0.05) is 24.3 Å². The molecule has 0 saturated heterocycles. The second-order valence-electron chi connectivity index (χ2n) is 7.55. The topological polar surface area (TPSA) is 107 Å². The number of fused-ring (bicyclic) bond motifs is 1. The van der Waals surface area contributed by atoms with Gasteiger partial charge < -0.3 is 10.4 Å². The monoisotopic (exact) mass is 424 g/mol. The molecule has 4 rings (SSSR count). The second kappa shape index (κ2) is 8.36. The molecule has 1 unspecified atom stereocenters. The van der Waals surface area contributed by atoms with Crippen LogP contribution in [0.5, 0.6) is 0 Å². The number of carboxylic acid groups (broad SMARTS) is 1. The first-order valence-electron chi connectivity index (χ1n) is 10.0. The lowest BCUT2D eigenvalue weighted by molar-refractivity contribution is 0.0698. The van der Waals surface area contributed by atoms with Gasteiger partial charge in [-0.3, -0.25) is 9.20 Å². The van der Waals surface area contributed by atoms with Crippen LogP contribution in [0.25, 0.3) is 16.9 Å². The van der Waals surface area contributed by atoms with Crippen molar-refractivity contribution < 1.29 is 9.90 Å². The molecule has 7 nitrogen and oxygen atoms in total. The summed E-state index contributed by atoms with van der Waals surface area (Å²) in [5, 5.41) is 21.8. The van der Waals surface area contributed by atoms with Crippen LogP contribution in [0, 0.1) is 18.3 Å². The van der Waals surface area contributed by atoms with Crippen molar-refractivity contribution in [3.8, 4) is 17.3 Å². The molecule has 0 spiro atoms. The lowest BCUT2D eigenvalue weighted by atomic mass is 10.1. The molecule has 158 valence electrons. The minimum Gasteiger partial charge on any atom is -0.478 e. The van der Waals surface area contributed by atoms with Gasteiger partial charge >= 0.3 is 5.97 Å². The highest BCUT2D eigenvalue weighted by atomic mass is 16.4. The van der Waals surface area contributed by atoms with E-state index in [1.807, 2.05) is 19.9 Å². The largest absolute Gasteiger partial charge is 0.478 e. The van der Waals surface area contributed by atoms with Crippen LogP contribution in [0.4, 0.5) is 5.69 Å². The summed E-state index contributed by atoms with van der Waals surface area (Å²) in [6, 6.07) is 18.7. The summed E-state index contributed by atoms with van der Waals surface area (Å²) in [6.45, 7) is 3.79. The van der Waals surface area contributed by atoms with Crippen LogP contribution in [0.3, 0.4) is 0 Å². The van der Waals surface area contributed by atoms with Crippen molar-refractivity contribution in [3.05, 3.63) is 99.5 Å². The molecular weight excluding hydrogens is 404 g/mol. The number of nitriles is 1. The molecular formula is C25H20N4O3. The lowest BCUT2D eigenvalue weighted by Crippen LogP contribution is -2.19. The third-order valence-corrected chi connectivity index (χ3v) is 5.23. The predicted molar refractivity (Wildman–Crippen MR) is 122 cm³/mol. The molecule has 0 radical (unpaired) electrons. The van der Waals surface area contributed by atoms with Gasteiger partial charge in [-0.15, -0.1) is 0 Å². The van der Waals surface area contributed by atoms with Gasteiger partial charge in [0.25, 0.3) is 5.56 Å². The molecule has 0 amide bonds. The molecule has 0 aliphatic heterocycles. The van der Waals surface area contributed by atoms with Gasteiger partial charge in [0.15, 0.2) is 0 Å². The smallest absolute Gasteiger partial charge is 0.337 e. The number of benzene rings is 2. The summed E-state index contributed by atoms with van der Waals surface area (Å²) in [6.07, 6.45) is 1.73.